The molecule has 3 nitrogen and oxygen atoms in total. The number of carboxylic acids is 1. The first-order chi connectivity index (χ1) is 7.08. The monoisotopic (exact) mass is 227 g/mol. The fourth-order valence-corrected chi connectivity index (χ4v) is 1.73. The molecule has 1 aromatic rings. The fraction of sp³-hybridized carbons (Fsp3) is 0.364. The van der Waals surface area contributed by atoms with Gasteiger partial charge in [-0.3, -0.25) is 4.79 Å². The van der Waals surface area contributed by atoms with Gasteiger partial charge in [0.1, 0.15) is 0 Å². The standard InChI is InChI=1S/C11H14ClNO2/c1-2-7-3-8(5-9(12)4-7)10(6-13)11(14)15/h3-5,10H,2,6,13H2,1H3,(H,14,15). The van der Waals surface area contributed by atoms with E-state index in [1.165, 1.54) is 0 Å². The van der Waals surface area contributed by atoms with Gasteiger partial charge in [-0.1, -0.05) is 24.6 Å². The number of carbonyl (C=O) groups is 1. The predicted octanol–water partition coefficient (Wildman–Crippen LogP) is 2.03. The molecule has 0 aliphatic rings. The highest BCUT2D eigenvalue weighted by atomic mass is 35.5. The molecule has 0 bridgehead atoms. The summed E-state index contributed by atoms with van der Waals surface area (Å²) < 4.78 is 0. The summed E-state index contributed by atoms with van der Waals surface area (Å²) in [5, 5.41) is 9.52. The van der Waals surface area contributed by atoms with Gasteiger partial charge in [0.25, 0.3) is 0 Å². The van der Waals surface area contributed by atoms with Gasteiger partial charge in [-0.25, -0.2) is 0 Å². The number of halogens is 1. The lowest BCUT2D eigenvalue weighted by Crippen LogP contribution is -2.21. The number of aryl methyl sites for hydroxylation is 1. The lowest BCUT2D eigenvalue weighted by Gasteiger charge is -2.11. The second-order valence-electron chi connectivity index (χ2n) is 3.37. The van der Waals surface area contributed by atoms with Crippen molar-refractivity contribution in [2.75, 3.05) is 6.54 Å². The molecule has 0 saturated heterocycles. The molecule has 4 heteroatoms. The Morgan fingerprint density at radius 2 is 2.20 bits per heavy atom. The molecule has 0 amide bonds. The van der Waals surface area contributed by atoms with E-state index in [1.54, 1.807) is 6.07 Å². The molecule has 1 atom stereocenters. The van der Waals surface area contributed by atoms with Crippen LogP contribution in [0.2, 0.25) is 5.02 Å². The molecular weight excluding hydrogens is 214 g/mol. The third kappa shape index (κ3) is 2.94. The minimum Gasteiger partial charge on any atom is -0.481 e. The molecule has 1 unspecified atom stereocenters. The Morgan fingerprint density at radius 1 is 1.53 bits per heavy atom. The molecule has 15 heavy (non-hydrogen) atoms. The first kappa shape index (κ1) is 12.0. The van der Waals surface area contributed by atoms with E-state index in [2.05, 4.69) is 0 Å². The molecule has 0 aromatic heterocycles. The Balaban J connectivity index is 3.11. The largest absolute Gasteiger partial charge is 0.481 e. The number of carboxylic acid groups (broad SMARTS) is 1. The van der Waals surface area contributed by atoms with E-state index in [4.69, 9.17) is 22.4 Å². The zero-order valence-electron chi connectivity index (χ0n) is 8.53. The summed E-state index contributed by atoms with van der Waals surface area (Å²) in [6.07, 6.45) is 0.824. The van der Waals surface area contributed by atoms with Crippen LogP contribution in [0.15, 0.2) is 18.2 Å². The van der Waals surface area contributed by atoms with Gasteiger partial charge < -0.3 is 10.8 Å². The molecule has 0 radical (unpaired) electrons. The zero-order chi connectivity index (χ0) is 11.4. The van der Waals surface area contributed by atoms with Crippen molar-refractivity contribution in [1.29, 1.82) is 0 Å². The Labute approximate surface area is 93.9 Å². The zero-order valence-corrected chi connectivity index (χ0v) is 9.29. The maximum atomic E-state index is 10.9. The molecule has 3 N–H and O–H groups in total. The molecule has 1 rings (SSSR count). The first-order valence-electron chi connectivity index (χ1n) is 4.80. The van der Waals surface area contributed by atoms with Gasteiger partial charge in [0.05, 0.1) is 5.92 Å². The van der Waals surface area contributed by atoms with Crippen LogP contribution in [-0.4, -0.2) is 17.6 Å². The average Bonchev–Trinajstić information content (AvgIpc) is 2.17. The number of benzene rings is 1. The molecule has 0 saturated carbocycles. The smallest absolute Gasteiger partial charge is 0.312 e. The highest BCUT2D eigenvalue weighted by molar-refractivity contribution is 6.30. The Kier molecular flexibility index (Phi) is 4.12. The van der Waals surface area contributed by atoms with E-state index in [0.29, 0.717) is 10.6 Å². The number of aliphatic carboxylic acids is 1. The summed E-state index contributed by atoms with van der Waals surface area (Å²) >= 11 is 5.90. The molecule has 0 fully saturated rings. The van der Waals surface area contributed by atoms with Crippen molar-refractivity contribution in [3.8, 4) is 0 Å². The fourth-order valence-electron chi connectivity index (χ4n) is 1.46. The maximum Gasteiger partial charge on any atom is 0.312 e. The van der Waals surface area contributed by atoms with Crippen LogP contribution in [-0.2, 0) is 11.2 Å². The Bertz CT molecular complexity index is 366. The van der Waals surface area contributed by atoms with Gasteiger partial charge >= 0.3 is 5.97 Å². The van der Waals surface area contributed by atoms with Crippen molar-refractivity contribution < 1.29 is 9.90 Å². The van der Waals surface area contributed by atoms with Crippen molar-refractivity contribution in [1.82, 2.24) is 0 Å². The van der Waals surface area contributed by atoms with Crippen molar-refractivity contribution in [3.05, 3.63) is 34.3 Å². The highest BCUT2D eigenvalue weighted by Gasteiger charge is 2.18. The van der Waals surface area contributed by atoms with E-state index in [-0.39, 0.29) is 6.54 Å². The number of nitrogens with two attached hydrogens (primary N) is 1. The van der Waals surface area contributed by atoms with Gasteiger partial charge in [0.2, 0.25) is 0 Å². The lowest BCUT2D eigenvalue weighted by atomic mass is 9.97. The summed E-state index contributed by atoms with van der Waals surface area (Å²) in [6, 6.07) is 5.34. The molecule has 82 valence electrons. The molecule has 0 heterocycles. The Morgan fingerprint density at radius 3 is 2.67 bits per heavy atom. The van der Waals surface area contributed by atoms with Gasteiger partial charge in [-0.15, -0.1) is 0 Å². The van der Waals surface area contributed by atoms with Crippen LogP contribution in [0.3, 0.4) is 0 Å². The highest BCUT2D eigenvalue weighted by Crippen LogP contribution is 2.22. The van der Waals surface area contributed by atoms with Crippen LogP contribution in [0.25, 0.3) is 0 Å². The van der Waals surface area contributed by atoms with Crippen LogP contribution in [0, 0.1) is 0 Å². The SMILES string of the molecule is CCc1cc(Cl)cc(C(CN)C(=O)O)c1. The second-order valence-corrected chi connectivity index (χ2v) is 3.81. The average molecular weight is 228 g/mol. The van der Waals surface area contributed by atoms with Crippen LogP contribution in [0.1, 0.15) is 24.0 Å². The van der Waals surface area contributed by atoms with E-state index >= 15 is 0 Å². The third-order valence-electron chi connectivity index (χ3n) is 2.32. The van der Waals surface area contributed by atoms with Crippen molar-refractivity contribution in [3.63, 3.8) is 0 Å². The predicted molar refractivity (Wildman–Crippen MR) is 60.3 cm³/mol. The van der Waals surface area contributed by atoms with Crippen molar-refractivity contribution >= 4 is 17.6 Å². The lowest BCUT2D eigenvalue weighted by molar-refractivity contribution is -0.138. The van der Waals surface area contributed by atoms with Crippen LogP contribution < -0.4 is 5.73 Å². The summed E-state index contributed by atoms with van der Waals surface area (Å²) in [4.78, 5) is 10.9. The molecule has 0 aliphatic heterocycles. The van der Waals surface area contributed by atoms with E-state index in [0.717, 1.165) is 12.0 Å². The molecule has 0 spiro atoms. The quantitative estimate of drug-likeness (QED) is 0.827. The van der Waals surface area contributed by atoms with Gasteiger partial charge in [-0.05, 0) is 29.7 Å². The minimum atomic E-state index is -0.915. The van der Waals surface area contributed by atoms with E-state index in [1.807, 2.05) is 19.1 Å². The number of hydrogen-bond donors (Lipinski definition) is 2. The minimum absolute atomic E-state index is 0.0822. The normalized spacial score (nSPS) is 12.5. The first-order valence-corrected chi connectivity index (χ1v) is 5.18. The van der Waals surface area contributed by atoms with E-state index in [9.17, 15) is 4.79 Å². The van der Waals surface area contributed by atoms with Gasteiger partial charge in [0.15, 0.2) is 0 Å². The maximum absolute atomic E-state index is 10.9. The van der Waals surface area contributed by atoms with Crippen LogP contribution >= 0.6 is 11.6 Å². The summed E-state index contributed by atoms with van der Waals surface area (Å²) in [7, 11) is 0. The van der Waals surface area contributed by atoms with Crippen molar-refractivity contribution in [2.24, 2.45) is 5.73 Å². The second kappa shape index (κ2) is 5.14. The van der Waals surface area contributed by atoms with Crippen LogP contribution in [0.5, 0.6) is 0 Å². The summed E-state index contributed by atoms with van der Waals surface area (Å²) in [5.74, 6) is -1.59. The van der Waals surface area contributed by atoms with Crippen LogP contribution in [0.4, 0.5) is 0 Å². The third-order valence-corrected chi connectivity index (χ3v) is 2.54. The number of hydrogen-bond acceptors (Lipinski definition) is 2. The molecule has 0 aliphatic carbocycles. The topological polar surface area (TPSA) is 63.3 Å². The molecule has 1 aromatic carbocycles. The summed E-state index contributed by atoms with van der Waals surface area (Å²) in [5.41, 5.74) is 7.12. The van der Waals surface area contributed by atoms with Gasteiger partial charge in [0, 0.05) is 11.6 Å². The van der Waals surface area contributed by atoms with Gasteiger partial charge in [-0.2, -0.15) is 0 Å². The molecular formula is C11H14ClNO2. The Hall–Kier alpha value is -1.06. The van der Waals surface area contributed by atoms with Crippen molar-refractivity contribution in [2.45, 2.75) is 19.3 Å². The summed E-state index contributed by atoms with van der Waals surface area (Å²) in [6.45, 7) is 2.08. The number of rotatable bonds is 4. The van der Waals surface area contributed by atoms with E-state index < -0.39 is 11.9 Å².